The third-order valence-electron chi connectivity index (χ3n) is 4.22. The summed E-state index contributed by atoms with van der Waals surface area (Å²) in [7, 11) is 0. The van der Waals surface area contributed by atoms with E-state index in [9.17, 15) is 13.2 Å². The van der Waals surface area contributed by atoms with Crippen LogP contribution in [0.2, 0.25) is 0 Å². The number of nitrogens with one attached hydrogen (secondary N) is 1. The number of anilines is 1. The second-order valence-corrected chi connectivity index (χ2v) is 6.35. The van der Waals surface area contributed by atoms with E-state index in [-0.39, 0.29) is 12.0 Å². The van der Waals surface area contributed by atoms with Crippen LogP contribution in [0.4, 0.5) is 19.0 Å². The van der Waals surface area contributed by atoms with Gasteiger partial charge in [-0.25, -0.2) is 9.97 Å². The molecule has 0 saturated carbocycles. The van der Waals surface area contributed by atoms with E-state index in [0.29, 0.717) is 11.3 Å². The number of halogens is 3. The summed E-state index contributed by atoms with van der Waals surface area (Å²) in [5.74, 6) is 0.516. The molecular formula is C16H20F3N5. The number of hydrogen-bond donors (Lipinski definition) is 2. The molecule has 0 spiro atoms. The number of aromatic nitrogens is 3. The minimum atomic E-state index is -4.54. The average molecular weight is 339 g/mol. The molecule has 0 bridgehead atoms. The van der Waals surface area contributed by atoms with Crippen LogP contribution in [0.15, 0.2) is 18.5 Å². The van der Waals surface area contributed by atoms with E-state index in [1.165, 1.54) is 6.20 Å². The van der Waals surface area contributed by atoms with Crippen molar-refractivity contribution in [2.24, 2.45) is 0 Å². The first-order valence-corrected chi connectivity index (χ1v) is 7.90. The molecule has 1 aliphatic heterocycles. The van der Waals surface area contributed by atoms with Gasteiger partial charge in [0, 0.05) is 36.5 Å². The lowest BCUT2D eigenvalue weighted by Crippen LogP contribution is -2.15. The van der Waals surface area contributed by atoms with Crippen LogP contribution in [-0.4, -0.2) is 27.6 Å². The SMILES string of the molecule is CC(C)c1nc(-c2cnc(N)c(C(F)(F)F)c2)cn1[C@@H]1CCNC1. The molecule has 1 atom stereocenters. The van der Waals surface area contributed by atoms with Crippen LogP contribution in [0.3, 0.4) is 0 Å². The zero-order valence-electron chi connectivity index (χ0n) is 13.6. The van der Waals surface area contributed by atoms with Crippen molar-refractivity contribution in [3.05, 3.63) is 29.8 Å². The standard InChI is InChI=1S/C16H20F3N5/c1-9(2)15-23-13(8-24(15)11-3-4-21-7-11)10-5-12(16(17,18)19)14(20)22-6-10/h5-6,8-9,11,21H,3-4,7H2,1-2H3,(H2,20,22)/t11-/m1/s1. The molecule has 0 aromatic carbocycles. The Morgan fingerprint density at radius 3 is 2.71 bits per heavy atom. The normalized spacial score (nSPS) is 18.5. The first kappa shape index (κ1) is 16.8. The molecule has 0 unspecified atom stereocenters. The Kier molecular flexibility index (Phi) is 4.25. The van der Waals surface area contributed by atoms with Crippen LogP contribution in [0.1, 0.15) is 43.6 Å². The van der Waals surface area contributed by atoms with Crippen LogP contribution < -0.4 is 11.1 Å². The predicted octanol–water partition coefficient (Wildman–Crippen LogP) is 3.20. The minimum Gasteiger partial charge on any atom is -0.383 e. The van der Waals surface area contributed by atoms with Crippen molar-refractivity contribution < 1.29 is 13.2 Å². The number of nitrogens with two attached hydrogens (primary N) is 1. The lowest BCUT2D eigenvalue weighted by Gasteiger charge is -2.15. The van der Waals surface area contributed by atoms with Crippen LogP contribution >= 0.6 is 0 Å². The molecule has 0 aliphatic carbocycles. The molecule has 24 heavy (non-hydrogen) atoms. The zero-order chi connectivity index (χ0) is 17.5. The van der Waals surface area contributed by atoms with Gasteiger partial charge in [0.1, 0.15) is 11.6 Å². The van der Waals surface area contributed by atoms with Gasteiger partial charge in [-0.1, -0.05) is 13.8 Å². The largest absolute Gasteiger partial charge is 0.419 e. The highest BCUT2D eigenvalue weighted by Crippen LogP contribution is 2.35. The van der Waals surface area contributed by atoms with Gasteiger partial charge in [0.05, 0.1) is 11.3 Å². The third-order valence-corrected chi connectivity index (χ3v) is 4.22. The van der Waals surface area contributed by atoms with Crippen molar-refractivity contribution in [2.45, 2.75) is 38.4 Å². The number of rotatable bonds is 3. The maximum Gasteiger partial charge on any atom is 0.419 e. The molecule has 1 saturated heterocycles. The van der Waals surface area contributed by atoms with Gasteiger partial charge in [-0.05, 0) is 19.0 Å². The Bertz CT molecular complexity index is 730. The number of hydrogen-bond acceptors (Lipinski definition) is 4. The lowest BCUT2D eigenvalue weighted by atomic mass is 10.1. The number of alkyl halides is 3. The van der Waals surface area contributed by atoms with Crippen molar-refractivity contribution in [3.63, 3.8) is 0 Å². The number of pyridine rings is 1. The summed E-state index contributed by atoms with van der Waals surface area (Å²) in [5.41, 5.74) is 5.26. The average Bonchev–Trinajstić information content (AvgIpc) is 3.15. The molecule has 1 aliphatic rings. The molecule has 130 valence electrons. The van der Waals surface area contributed by atoms with E-state index in [1.807, 2.05) is 20.0 Å². The topological polar surface area (TPSA) is 68.8 Å². The van der Waals surface area contributed by atoms with Crippen molar-refractivity contribution in [3.8, 4) is 11.3 Å². The molecule has 1 fully saturated rings. The highest BCUT2D eigenvalue weighted by molar-refractivity contribution is 5.62. The maximum atomic E-state index is 13.0. The zero-order valence-corrected chi connectivity index (χ0v) is 13.6. The fraction of sp³-hybridized carbons (Fsp3) is 0.500. The second-order valence-electron chi connectivity index (χ2n) is 6.35. The van der Waals surface area contributed by atoms with Crippen LogP contribution in [0.25, 0.3) is 11.3 Å². The maximum absolute atomic E-state index is 13.0. The van der Waals surface area contributed by atoms with Crippen molar-refractivity contribution in [1.82, 2.24) is 19.9 Å². The summed E-state index contributed by atoms with van der Waals surface area (Å²) < 4.78 is 41.2. The number of nitrogen functional groups attached to an aromatic ring is 1. The van der Waals surface area contributed by atoms with E-state index < -0.39 is 17.6 Å². The molecule has 0 amide bonds. The van der Waals surface area contributed by atoms with E-state index in [0.717, 1.165) is 31.4 Å². The minimum absolute atomic E-state index is 0.170. The summed E-state index contributed by atoms with van der Waals surface area (Å²) in [6, 6.07) is 1.29. The molecule has 2 aromatic heterocycles. The number of nitrogens with zero attached hydrogens (tertiary/aromatic N) is 3. The molecule has 5 nitrogen and oxygen atoms in total. The fourth-order valence-corrected chi connectivity index (χ4v) is 2.99. The lowest BCUT2D eigenvalue weighted by molar-refractivity contribution is -0.137. The van der Waals surface area contributed by atoms with Gasteiger partial charge in [0.2, 0.25) is 0 Å². The van der Waals surface area contributed by atoms with Gasteiger partial charge in [0.15, 0.2) is 0 Å². The number of imidazole rings is 1. The third kappa shape index (κ3) is 3.10. The van der Waals surface area contributed by atoms with E-state index in [2.05, 4.69) is 19.9 Å². The summed E-state index contributed by atoms with van der Waals surface area (Å²) in [6.45, 7) is 5.81. The second kappa shape index (κ2) is 6.08. The van der Waals surface area contributed by atoms with E-state index in [1.54, 1.807) is 0 Å². The van der Waals surface area contributed by atoms with Gasteiger partial charge in [-0.15, -0.1) is 0 Å². The Hall–Kier alpha value is -2.09. The Morgan fingerprint density at radius 2 is 2.12 bits per heavy atom. The van der Waals surface area contributed by atoms with Crippen LogP contribution in [0, 0.1) is 0 Å². The van der Waals surface area contributed by atoms with Crippen molar-refractivity contribution >= 4 is 5.82 Å². The summed E-state index contributed by atoms with van der Waals surface area (Å²) in [6.07, 6.45) is -0.399. The molecule has 2 aromatic rings. The highest BCUT2D eigenvalue weighted by atomic mass is 19.4. The van der Waals surface area contributed by atoms with Crippen molar-refractivity contribution in [2.75, 3.05) is 18.8 Å². The fourth-order valence-electron chi connectivity index (χ4n) is 2.99. The van der Waals surface area contributed by atoms with Gasteiger partial charge < -0.3 is 15.6 Å². The van der Waals surface area contributed by atoms with E-state index in [4.69, 9.17) is 5.73 Å². The summed E-state index contributed by atoms with van der Waals surface area (Å²) in [5, 5.41) is 3.30. The van der Waals surface area contributed by atoms with E-state index >= 15 is 0 Å². The smallest absolute Gasteiger partial charge is 0.383 e. The van der Waals surface area contributed by atoms with Crippen LogP contribution in [0.5, 0.6) is 0 Å². The molecule has 3 heterocycles. The molecule has 8 heteroatoms. The predicted molar refractivity (Wildman–Crippen MR) is 85.5 cm³/mol. The van der Waals surface area contributed by atoms with Crippen molar-refractivity contribution in [1.29, 1.82) is 0 Å². The summed E-state index contributed by atoms with van der Waals surface area (Å²) >= 11 is 0. The first-order valence-electron chi connectivity index (χ1n) is 7.90. The first-order chi connectivity index (χ1) is 11.3. The van der Waals surface area contributed by atoms with Gasteiger partial charge in [-0.2, -0.15) is 13.2 Å². The van der Waals surface area contributed by atoms with Gasteiger partial charge in [0.25, 0.3) is 0 Å². The van der Waals surface area contributed by atoms with Gasteiger partial charge in [-0.3, -0.25) is 0 Å². The molecule has 3 N–H and O–H groups in total. The van der Waals surface area contributed by atoms with Crippen LogP contribution in [-0.2, 0) is 6.18 Å². The monoisotopic (exact) mass is 339 g/mol. The molecule has 0 radical (unpaired) electrons. The quantitative estimate of drug-likeness (QED) is 0.901. The van der Waals surface area contributed by atoms with Gasteiger partial charge >= 0.3 is 6.18 Å². The molecule has 3 rings (SSSR count). The summed E-state index contributed by atoms with van der Waals surface area (Å²) in [4.78, 5) is 8.26. The Labute approximate surface area is 138 Å². The molecular weight excluding hydrogens is 319 g/mol. The highest BCUT2D eigenvalue weighted by Gasteiger charge is 2.34. The Morgan fingerprint density at radius 1 is 1.38 bits per heavy atom. The Balaban J connectivity index is 2.05.